The average molecular weight is 390 g/mol. The smallest absolute Gasteiger partial charge is 0.226 e. The van der Waals surface area contributed by atoms with Crippen molar-refractivity contribution in [3.63, 3.8) is 0 Å². The molecule has 154 valence electrons. The Kier molecular flexibility index (Phi) is 5.89. The molecule has 1 N–H and O–H groups in total. The molecule has 4 atom stereocenters. The summed E-state index contributed by atoms with van der Waals surface area (Å²) in [6.07, 6.45) is 7.46. The van der Waals surface area contributed by atoms with E-state index in [4.69, 9.17) is 0 Å². The molecule has 0 radical (unpaired) electrons. The van der Waals surface area contributed by atoms with Gasteiger partial charge in [-0.15, -0.1) is 5.10 Å². The van der Waals surface area contributed by atoms with Crippen LogP contribution in [-0.2, 0) is 16.1 Å². The van der Waals surface area contributed by atoms with E-state index in [1.165, 1.54) is 25.6 Å². The maximum Gasteiger partial charge on any atom is 0.226 e. The topological polar surface area (TPSA) is 96.2 Å². The number of hydrogen-bond acceptors (Lipinski definition) is 6. The zero-order chi connectivity index (χ0) is 19.5. The van der Waals surface area contributed by atoms with Gasteiger partial charge >= 0.3 is 0 Å². The molecule has 1 aliphatic carbocycles. The number of carbonyl (C=O) groups is 2. The highest BCUT2D eigenvalue weighted by atomic mass is 16.2. The van der Waals surface area contributed by atoms with Gasteiger partial charge in [-0.05, 0) is 55.0 Å². The van der Waals surface area contributed by atoms with Crippen LogP contribution >= 0.6 is 0 Å². The summed E-state index contributed by atoms with van der Waals surface area (Å²) in [6.45, 7) is 3.95. The third kappa shape index (κ3) is 4.51. The zero-order valence-electron chi connectivity index (χ0n) is 16.7. The highest BCUT2D eigenvalue weighted by molar-refractivity contribution is 5.79. The Hall–Kier alpha value is -2.03. The summed E-state index contributed by atoms with van der Waals surface area (Å²) in [5.41, 5.74) is 0. The van der Waals surface area contributed by atoms with Crippen LogP contribution in [-0.4, -0.2) is 81.1 Å². The average Bonchev–Trinajstić information content (AvgIpc) is 3.37. The third-order valence-electron chi connectivity index (χ3n) is 6.64. The SMILES string of the molecule is CN1C[C@@H](NC(=O)CCn2cnnn2)CC[C@@H](C(=O)N2C[C@H]3CCC[C@H]3C2)C1. The second-order valence-corrected chi connectivity index (χ2v) is 8.78. The highest BCUT2D eigenvalue weighted by Gasteiger charge is 2.40. The van der Waals surface area contributed by atoms with Gasteiger partial charge in [0.1, 0.15) is 6.33 Å². The molecule has 9 nitrogen and oxygen atoms in total. The quantitative estimate of drug-likeness (QED) is 0.770. The Morgan fingerprint density at radius 3 is 2.57 bits per heavy atom. The molecule has 1 aromatic heterocycles. The number of carbonyl (C=O) groups excluding carboxylic acids is 2. The minimum atomic E-state index is 0.00560. The number of aromatic nitrogens is 4. The molecule has 0 unspecified atom stereocenters. The molecule has 4 rings (SSSR count). The lowest BCUT2D eigenvalue weighted by Gasteiger charge is -2.25. The van der Waals surface area contributed by atoms with Crippen LogP contribution in [0, 0.1) is 17.8 Å². The molecule has 0 spiro atoms. The second kappa shape index (κ2) is 8.55. The van der Waals surface area contributed by atoms with Crippen molar-refractivity contribution < 1.29 is 9.59 Å². The van der Waals surface area contributed by atoms with Crippen LogP contribution in [0.25, 0.3) is 0 Å². The van der Waals surface area contributed by atoms with E-state index in [9.17, 15) is 9.59 Å². The number of likely N-dealkylation sites (N-methyl/N-ethyl adjacent to an activating group) is 1. The van der Waals surface area contributed by atoms with E-state index in [1.807, 2.05) is 7.05 Å². The summed E-state index contributed by atoms with van der Waals surface area (Å²) < 4.78 is 1.55. The van der Waals surface area contributed by atoms with Crippen molar-refractivity contribution >= 4 is 11.8 Å². The number of rotatable bonds is 5. The summed E-state index contributed by atoms with van der Waals surface area (Å²) in [5.74, 6) is 1.85. The summed E-state index contributed by atoms with van der Waals surface area (Å²) >= 11 is 0. The van der Waals surface area contributed by atoms with Crippen LogP contribution in [0.3, 0.4) is 0 Å². The Labute approximate surface area is 165 Å². The van der Waals surface area contributed by atoms with Crippen LogP contribution in [0.5, 0.6) is 0 Å². The van der Waals surface area contributed by atoms with Crippen molar-refractivity contribution in [1.82, 2.24) is 35.3 Å². The lowest BCUT2D eigenvalue weighted by atomic mass is 10.00. The summed E-state index contributed by atoms with van der Waals surface area (Å²) in [6, 6.07) is 0.0853. The van der Waals surface area contributed by atoms with E-state index in [1.54, 1.807) is 4.68 Å². The number of amides is 2. The van der Waals surface area contributed by atoms with E-state index in [0.717, 1.165) is 50.9 Å². The Bertz CT molecular complexity index is 668. The maximum atomic E-state index is 13.1. The fourth-order valence-corrected chi connectivity index (χ4v) is 5.20. The minimum Gasteiger partial charge on any atom is -0.352 e. The molecule has 9 heteroatoms. The normalized spacial score (nSPS) is 30.8. The first-order valence-corrected chi connectivity index (χ1v) is 10.6. The molecule has 0 bridgehead atoms. The number of hydrogen-bond donors (Lipinski definition) is 1. The van der Waals surface area contributed by atoms with Gasteiger partial charge < -0.3 is 15.1 Å². The second-order valence-electron chi connectivity index (χ2n) is 8.78. The van der Waals surface area contributed by atoms with Crippen molar-refractivity contribution in [1.29, 1.82) is 0 Å². The van der Waals surface area contributed by atoms with Gasteiger partial charge in [0, 0.05) is 38.6 Å². The fourth-order valence-electron chi connectivity index (χ4n) is 5.20. The van der Waals surface area contributed by atoms with Crippen LogP contribution in [0.2, 0.25) is 0 Å². The van der Waals surface area contributed by atoms with Gasteiger partial charge in [0.05, 0.1) is 12.5 Å². The number of aryl methyl sites for hydroxylation is 1. The minimum absolute atomic E-state index is 0.00560. The Morgan fingerprint density at radius 1 is 1.07 bits per heavy atom. The molecule has 3 aliphatic rings. The largest absolute Gasteiger partial charge is 0.352 e. The number of nitrogens with one attached hydrogen (secondary N) is 1. The van der Waals surface area contributed by atoms with Crippen LogP contribution < -0.4 is 5.32 Å². The van der Waals surface area contributed by atoms with Gasteiger partial charge in [0.2, 0.25) is 11.8 Å². The number of nitrogens with zero attached hydrogens (tertiary/aromatic N) is 6. The molecule has 2 amide bonds. The number of tetrazole rings is 1. The molecule has 2 aliphatic heterocycles. The van der Waals surface area contributed by atoms with Crippen molar-refractivity contribution in [3.05, 3.63) is 6.33 Å². The van der Waals surface area contributed by atoms with Gasteiger partial charge in [-0.1, -0.05) is 6.42 Å². The molecule has 28 heavy (non-hydrogen) atoms. The number of fused-ring (bicyclic) bond motifs is 1. The molecule has 3 heterocycles. The lowest BCUT2D eigenvalue weighted by molar-refractivity contribution is -0.135. The van der Waals surface area contributed by atoms with Crippen molar-refractivity contribution in [2.24, 2.45) is 17.8 Å². The van der Waals surface area contributed by atoms with Crippen LogP contribution in [0.4, 0.5) is 0 Å². The van der Waals surface area contributed by atoms with Crippen LogP contribution in [0.15, 0.2) is 6.33 Å². The molecule has 3 fully saturated rings. The first-order chi connectivity index (χ1) is 13.6. The first kappa shape index (κ1) is 19.3. The van der Waals surface area contributed by atoms with Gasteiger partial charge in [-0.25, -0.2) is 4.68 Å². The molecule has 2 saturated heterocycles. The highest BCUT2D eigenvalue weighted by Crippen LogP contribution is 2.38. The third-order valence-corrected chi connectivity index (χ3v) is 6.64. The lowest BCUT2D eigenvalue weighted by Crippen LogP contribution is -2.42. The molecule has 0 aromatic carbocycles. The Balaban J connectivity index is 1.26. The van der Waals surface area contributed by atoms with Crippen LogP contribution in [0.1, 0.15) is 38.5 Å². The van der Waals surface area contributed by atoms with Crippen molar-refractivity contribution in [2.45, 2.75) is 51.1 Å². The number of likely N-dealkylation sites (tertiary alicyclic amines) is 2. The zero-order valence-corrected chi connectivity index (χ0v) is 16.7. The van der Waals surface area contributed by atoms with Gasteiger partial charge in [0.15, 0.2) is 0 Å². The first-order valence-electron chi connectivity index (χ1n) is 10.6. The molecule has 1 saturated carbocycles. The van der Waals surface area contributed by atoms with E-state index in [0.29, 0.717) is 18.9 Å². The summed E-state index contributed by atoms with van der Waals surface area (Å²) in [7, 11) is 2.05. The van der Waals surface area contributed by atoms with Crippen molar-refractivity contribution in [3.8, 4) is 0 Å². The van der Waals surface area contributed by atoms with E-state index >= 15 is 0 Å². The molecular formula is C19H31N7O2. The molecule has 1 aromatic rings. The van der Waals surface area contributed by atoms with Gasteiger partial charge in [-0.2, -0.15) is 0 Å². The molecular weight excluding hydrogens is 358 g/mol. The van der Waals surface area contributed by atoms with E-state index < -0.39 is 0 Å². The standard InChI is InChI=1S/C19H31N7O2/c1-24-9-16(19(28)25-10-14-3-2-4-15(14)11-25)5-6-17(12-24)21-18(27)7-8-26-13-20-22-23-26/h13-17H,2-12H2,1H3,(H,21,27)/t14-,15+,16-,17+/m1/s1. The van der Waals surface area contributed by atoms with Crippen molar-refractivity contribution in [2.75, 3.05) is 33.2 Å². The fraction of sp³-hybridized carbons (Fsp3) is 0.842. The predicted molar refractivity (Wildman–Crippen MR) is 102 cm³/mol. The van der Waals surface area contributed by atoms with E-state index in [-0.39, 0.29) is 17.9 Å². The predicted octanol–water partition coefficient (Wildman–Crippen LogP) is 0.148. The van der Waals surface area contributed by atoms with E-state index in [2.05, 4.69) is 30.6 Å². The summed E-state index contributed by atoms with van der Waals surface area (Å²) in [4.78, 5) is 29.7. The summed E-state index contributed by atoms with van der Waals surface area (Å²) in [5, 5.41) is 14.0. The van der Waals surface area contributed by atoms with Gasteiger partial charge in [-0.3, -0.25) is 9.59 Å². The van der Waals surface area contributed by atoms with Gasteiger partial charge in [0.25, 0.3) is 0 Å². The monoisotopic (exact) mass is 389 g/mol. The Morgan fingerprint density at radius 2 is 1.86 bits per heavy atom. The maximum absolute atomic E-state index is 13.1.